The molecular formula is C12H15NO. The minimum atomic E-state index is 0.250. The number of hydrogen-bond acceptors (Lipinski definition) is 1. The van der Waals surface area contributed by atoms with E-state index in [1.807, 2.05) is 4.90 Å². The molecule has 0 saturated carbocycles. The van der Waals surface area contributed by atoms with Gasteiger partial charge in [-0.05, 0) is 31.9 Å². The van der Waals surface area contributed by atoms with Crippen LogP contribution in [0.1, 0.15) is 23.1 Å². The zero-order chi connectivity index (χ0) is 10.3. The predicted molar refractivity (Wildman–Crippen MR) is 57.6 cm³/mol. The van der Waals surface area contributed by atoms with Crippen LogP contribution in [0, 0.1) is 20.8 Å². The van der Waals surface area contributed by atoms with Crippen LogP contribution in [0.15, 0.2) is 12.1 Å². The molecule has 0 aliphatic carbocycles. The van der Waals surface area contributed by atoms with Crippen LogP contribution in [0.25, 0.3) is 0 Å². The van der Waals surface area contributed by atoms with Crippen LogP contribution in [0.2, 0.25) is 0 Å². The smallest absolute Gasteiger partial charge is 0.228 e. The van der Waals surface area contributed by atoms with Crippen molar-refractivity contribution >= 4 is 11.6 Å². The van der Waals surface area contributed by atoms with E-state index in [0.717, 1.165) is 12.2 Å². The van der Waals surface area contributed by atoms with Gasteiger partial charge in [-0.15, -0.1) is 0 Å². The minimum Gasteiger partial charge on any atom is -0.311 e. The Bertz CT molecular complexity index is 372. The molecule has 1 aliphatic heterocycles. The highest BCUT2D eigenvalue weighted by Gasteiger charge is 2.27. The van der Waals surface area contributed by atoms with Gasteiger partial charge in [-0.25, -0.2) is 0 Å². The summed E-state index contributed by atoms with van der Waals surface area (Å²) in [5.41, 5.74) is 4.79. The fourth-order valence-electron chi connectivity index (χ4n) is 2.15. The van der Waals surface area contributed by atoms with Gasteiger partial charge in [-0.3, -0.25) is 4.79 Å². The zero-order valence-electron chi connectivity index (χ0n) is 8.92. The van der Waals surface area contributed by atoms with Crippen molar-refractivity contribution in [2.75, 3.05) is 11.4 Å². The monoisotopic (exact) mass is 189 g/mol. The van der Waals surface area contributed by atoms with Gasteiger partial charge in [0.05, 0.1) is 0 Å². The summed E-state index contributed by atoms with van der Waals surface area (Å²) in [4.78, 5) is 13.2. The fraction of sp³-hybridized carbons (Fsp3) is 0.417. The van der Waals surface area contributed by atoms with Crippen molar-refractivity contribution in [3.63, 3.8) is 0 Å². The van der Waals surface area contributed by atoms with Gasteiger partial charge in [0.1, 0.15) is 0 Å². The van der Waals surface area contributed by atoms with Crippen molar-refractivity contribution in [2.45, 2.75) is 27.2 Å². The van der Waals surface area contributed by atoms with Gasteiger partial charge in [-0.2, -0.15) is 0 Å². The molecule has 2 heteroatoms. The van der Waals surface area contributed by atoms with Crippen molar-refractivity contribution in [3.05, 3.63) is 28.8 Å². The molecule has 1 saturated heterocycles. The number of benzene rings is 1. The van der Waals surface area contributed by atoms with Crippen LogP contribution in [0.4, 0.5) is 5.69 Å². The van der Waals surface area contributed by atoms with Crippen molar-refractivity contribution in [1.82, 2.24) is 0 Å². The Balaban J connectivity index is 2.47. The molecule has 1 amide bonds. The molecule has 1 aromatic carbocycles. The maximum Gasteiger partial charge on any atom is 0.228 e. The largest absolute Gasteiger partial charge is 0.311 e. The van der Waals surface area contributed by atoms with E-state index < -0.39 is 0 Å². The summed E-state index contributed by atoms with van der Waals surface area (Å²) in [7, 11) is 0. The number of rotatable bonds is 1. The van der Waals surface area contributed by atoms with Gasteiger partial charge in [0.25, 0.3) is 0 Å². The van der Waals surface area contributed by atoms with Crippen molar-refractivity contribution < 1.29 is 4.79 Å². The summed E-state index contributed by atoms with van der Waals surface area (Å²) in [6.07, 6.45) is 0.701. The third kappa shape index (κ3) is 1.31. The molecule has 2 rings (SSSR count). The summed E-state index contributed by atoms with van der Waals surface area (Å²) in [6, 6.07) is 4.27. The molecule has 74 valence electrons. The van der Waals surface area contributed by atoms with Gasteiger partial charge in [0, 0.05) is 18.7 Å². The molecule has 2 nitrogen and oxygen atoms in total. The second-order valence-electron chi connectivity index (χ2n) is 4.04. The maximum atomic E-state index is 11.3. The van der Waals surface area contributed by atoms with Crippen LogP contribution in [0.5, 0.6) is 0 Å². The number of nitrogens with zero attached hydrogens (tertiary/aromatic N) is 1. The van der Waals surface area contributed by atoms with E-state index in [2.05, 4.69) is 32.9 Å². The molecule has 0 spiro atoms. The average Bonchev–Trinajstić information content (AvgIpc) is 2.08. The predicted octanol–water partition coefficient (Wildman–Crippen LogP) is 2.35. The van der Waals surface area contributed by atoms with Crippen molar-refractivity contribution in [1.29, 1.82) is 0 Å². The first kappa shape index (κ1) is 9.25. The Hall–Kier alpha value is -1.31. The second-order valence-corrected chi connectivity index (χ2v) is 4.04. The number of amides is 1. The number of aryl methyl sites for hydroxylation is 3. The first-order chi connectivity index (χ1) is 6.59. The van der Waals surface area contributed by atoms with E-state index in [9.17, 15) is 4.79 Å². The highest BCUT2D eigenvalue weighted by Crippen LogP contribution is 2.30. The van der Waals surface area contributed by atoms with Crippen LogP contribution in [-0.4, -0.2) is 12.5 Å². The Labute approximate surface area is 84.5 Å². The lowest BCUT2D eigenvalue weighted by Gasteiger charge is -2.33. The first-order valence-electron chi connectivity index (χ1n) is 4.98. The molecule has 1 fully saturated rings. The summed E-state index contributed by atoms with van der Waals surface area (Å²) in [5, 5.41) is 0. The highest BCUT2D eigenvalue weighted by atomic mass is 16.2. The quantitative estimate of drug-likeness (QED) is 0.621. The lowest BCUT2D eigenvalue weighted by atomic mass is 10.0. The van der Waals surface area contributed by atoms with Crippen molar-refractivity contribution in [3.8, 4) is 0 Å². The summed E-state index contributed by atoms with van der Waals surface area (Å²) < 4.78 is 0. The molecule has 0 atom stereocenters. The van der Waals surface area contributed by atoms with Gasteiger partial charge < -0.3 is 4.90 Å². The molecule has 0 N–H and O–H groups in total. The second kappa shape index (κ2) is 3.12. The summed E-state index contributed by atoms with van der Waals surface area (Å²) >= 11 is 0. The highest BCUT2D eigenvalue weighted by molar-refractivity contribution is 6.00. The molecule has 0 radical (unpaired) electrons. The van der Waals surface area contributed by atoms with Crippen LogP contribution < -0.4 is 4.90 Å². The van der Waals surface area contributed by atoms with Crippen molar-refractivity contribution in [2.24, 2.45) is 0 Å². The topological polar surface area (TPSA) is 20.3 Å². The van der Waals surface area contributed by atoms with Crippen LogP contribution >= 0.6 is 0 Å². The fourth-order valence-corrected chi connectivity index (χ4v) is 2.15. The Morgan fingerprint density at radius 3 is 2.07 bits per heavy atom. The third-order valence-electron chi connectivity index (χ3n) is 2.76. The van der Waals surface area contributed by atoms with E-state index in [1.165, 1.54) is 16.7 Å². The number of carbonyl (C=O) groups is 1. The maximum absolute atomic E-state index is 11.3. The SMILES string of the molecule is Cc1cc(C)c(N2CCC2=O)c(C)c1. The Morgan fingerprint density at radius 1 is 1.14 bits per heavy atom. The number of β-lactam (4-membered cyclic amide) rings is 1. The zero-order valence-corrected chi connectivity index (χ0v) is 8.92. The van der Waals surface area contributed by atoms with Gasteiger partial charge >= 0.3 is 0 Å². The number of hydrogen-bond donors (Lipinski definition) is 0. The van der Waals surface area contributed by atoms with E-state index in [1.54, 1.807) is 0 Å². The van der Waals surface area contributed by atoms with Gasteiger partial charge in [0.2, 0.25) is 5.91 Å². The lowest BCUT2D eigenvalue weighted by molar-refractivity contribution is -0.122. The van der Waals surface area contributed by atoms with E-state index in [-0.39, 0.29) is 5.91 Å². The van der Waals surface area contributed by atoms with Crippen LogP contribution in [-0.2, 0) is 4.79 Å². The summed E-state index contributed by atoms with van der Waals surface area (Å²) in [5.74, 6) is 0.250. The van der Waals surface area contributed by atoms with Gasteiger partial charge in [-0.1, -0.05) is 17.7 Å². The van der Waals surface area contributed by atoms with Crippen LogP contribution in [0.3, 0.4) is 0 Å². The molecule has 0 unspecified atom stereocenters. The number of carbonyl (C=O) groups excluding carboxylic acids is 1. The average molecular weight is 189 g/mol. The molecule has 1 heterocycles. The first-order valence-corrected chi connectivity index (χ1v) is 4.98. The Morgan fingerprint density at radius 2 is 1.71 bits per heavy atom. The van der Waals surface area contributed by atoms with E-state index >= 15 is 0 Å². The summed E-state index contributed by atoms with van der Waals surface area (Å²) in [6.45, 7) is 7.10. The molecule has 14 heavy (non-hydrogen) atoms. The minimum absolute atomic E-state index is 0.250. The molecule has 0 aromatic heterocycles. The van der Waals surface area contributed by atoms with E-state index in [0.29, 0.717) is 6.42 Å². The standard InChI is InChI=1S/C12H15NO/c1-8-6-9(2)12(10(3)7-8)13-5-4-11(13)14/h6-7H,4-5H2,1-3H3. The number of anilines is 1. The molecular weight excluding hydrogens is 174 g/mol. The molecule has 1 aromatic rings. The molecule has 0 bridgehead atoms. The van der Waals surface area contributed by atoms with E-state index in [4.69, 9.17) is 0 Å². The lowest BCUT2D eigenvalue weighted by Crippen LogP contribution is -2.44. The third-order valence-corrected chi connectivity index (χ3v) is 2.76. The normalized spacial score (nSPS) is 15.6. The molecule has 1 aliphatic rings. The Kier molecular flexibility index (Phi) is 2.06. The van der Waals surface area contributed by atoms with Gasteiger partial charge in [0.15, 0.2) is 0 Å².